The van der Waals surface area contributed by atoms with Gasteiger partial charge in [-0.2, -0.15) is 0 Å². The fourth-order valence-electron chi connectivity index (χ4n) is 1.67. The average Bonchev–Trinajstić information content (AvgIpc) is 2.38. The SMILES string of the molecule is CC(=CNNc1nc(C)cc(C)n1)c1cccnc1. The molecule has 5 heteroatoms. The Balaban J connectivity index is 1.99. The van der Waals surface area contributed by atoms with Gasteiger partial charge in [0.2, 0.25) is 5.95 Å². The van der Waals surface area contributed by atoms with Gasteiger partial charge in [0.15, 0.2) is 0 Å². The molecule has 0 radical (unpaired) electrons. The van der Waals surface area contributed by atoms with Crippen molar-refractivity contribution in [1.82, 2.24) is 20.4 Å². The molecule has 0 aromatic carbocycles. The number of pyridine rings is 1. The minimum Gasteiger partial charge on any atom is -0.305 e. The van der Waals surface area contributed by atoms with E-state index < -0.39 is 0 Å². The van der Waals surface area contributed by atoms with Crippen molar-refractivity contribution in [2.45, 2.75) is 20.8 Å². The van der Waals surface area contributed by atoms with Gasteiger partial charge in [-0.25, -0.2) is 9.97 Å². The lowest BCUT2D eigenvalue weighted by Crippen LogP contribution is -2.17. The van der Waals surface area contributed by atoms with Crippen LogP contribution in [0.25, 0.3) is 5.57 Å². The van der Waals surface area contributed by atoms with E-state index in [0.717, 1.165) is 22.5 Å². The quantitative estimate of drug-likeness (QED) is 0.822. The van der Waals surface area contributed by atoms with Gasteiger partial charge < -0.3 is 5.43 Å². The lowest BCUT2D eigenvalue weighted by Gasteiger charge is -2.07. The molecule has 0 saturated heterocycles. The lowest BCUT2D eigenvalue weighted by atomic mass is 10.1. The van der Waals surface area contributed by atoms with Crippen LogP contribution in [0.4, 0.5) is 5.95 Å². The predicted octanol–water partition coefficient (Wildman–Crippen LogP) is 2.47. The first-order valence-corrected chi connectivity index (χ1v) is 6.06. The topological polar surface area (TPSA) is 62.7 Å². The summed E-state index contributed by atoms with van der Waals surface area (Å²) in [4.78, 5) is 12.6. The molecule has 2 heterocycles. The third kappa shape index (κ3) is 3.77. The zero-order chi connectivity index (χ0) is 13.7. The van der Waals surface area contributed by atoms with Gasteiger partial charge in [0.25, 0.3) is 0 Å². The van der Waals surface area contributed by atoms with Crippen molar-refractivity contribution >= 4 is 11.5 Å². The van der Waals surface area contributed by atoms with E-state index >= 15 is 0 Å². The van der Waals surface area contributed by atoms with Crippen molar-refractivity contribution in [3.63, 3.8) is 0 Å². The van der Waals surface area contributed by atoms with Crippen LogP contribution in [0.5, 0.6) is 0 Å². The van der Waals surface area contributed by atoms with Gasteiger partial charge in [0, 0.05) is 30.0 Å². The van der Waals surface area contributed by atoms with Crippen LogP contribution in [0.1, 0.15) is 23.9 Å². The fraction of sp³-hybridized carbons (Fsp3) is 0.214. The summed E-state index contributed by atoms with van der Waals surface area (Å²) in [5, 5.41) is 0. The molecule has 0 spiro atoms. The van der Waals surface area contributed by atoms with E-state index in [9.17, 15) is 0 Å². The summed E-state index contributed by atoms with van der Waals surface area (Å²) >= 11 is 0. The monoisotopic (exact) mass is 255 g/mol. The second-order valence-corrected chi connectivity index (χ2v) is 4.31. The Hall–Kier alpha value is -2.43. The summed E-state index contributed by atoms with van der Waals surface area (Å²) in [6, 6.07) is 5.85. The smallest absolute Gasteiger partial charge is 0.242 e. The Bertz CT molecular complexity index is 557. The fourth-order valence-corrected chi connectivity index (χ4v) is 1.67. The zero-order valence-electron chi connectivity index (χ0n) is 11.3. The molecule has 0 unspecified atom stereocenters. The Labute approximate surface area is 112 Å². The molecule has 98 valence electrons. The lowest BCUT2D eigenvalue weighted by molar-refractivity contribution is 0.960. The maximum Gasteiger partial charge on any atom is 0.242 e. The molecule has 5 nitrogen and oxygen atoms in total. The summed E-state index contributed by atoms with van der Waals surface area (Å²) in [5.74, 6) is 0.563. The normalized spacial score (nSPS) is 11.2. The molecule has 0 bridgehead atoms. The molecule has 0 fully saturated rings. The number of aromatic nitrogens is 3. The van der Waals surface area contributed by atoms with Crippen LogP contribution in [-0.4, -0.2) is 15.0 Å². The Morgan fingerprint density at radius 2 is 1.95 bits per heavy atom. The summed E-state index contributed by atoms with van der Waals surface area (Å²) in [7, 11) is 0. The Morgan fingerprint density at radius 3 is 2.58 bits per heavy atom. The number of nitrogens with one attached hydrogen (secondary N) is 2. The van der Waals surface area contributed by atoms with Gasteiger partial charge >= 0.3 is 0 Å². The van der Waals surface area contributed by atoms with Crippen LogP contribution >= 0.6 is 0 Å². The van der Waals surface area contributed by atoms with Crippen molar-refractivity contribution in [2.75, 3.05) is 5.43 Å². The van der Waals surface area contributed by atoms with E-state index in [4.69, 9.17) is 0 Å². The zero-order valence-corrected chi connectivity index (χ0v) is 11.3. The average molecular weight is 255 g/mol. The van der Waals surface area contributed by atoms with Crippen LogP contribution in [0.15, 0.2) is 36.8 Å². The van der Waals surface area contributed by atoms with Crippen LogP contribution in [-0.2, 0) is 0 Å². The highest BCUT2D eigenvalue weighted by Crippen LogP contribution is 2.10. The van der Waals surface area contributed by atoms with Gasteiger partial charge in [-0.1, -0.05) is 6.07 Å². The first-order valence-electron chi connectivity index (χ1n) is 6.06. The molecular formula is C14H17N5. The molecule has 19 heavy (non-hydrogen) atoms. The number of anilines is 1. The number of hydrogen-bond donors (Lipinski definition) is 2. The van der Waals surface area contributed by atoms with Crippen LogP contribution in [0, 0.1) is 13.8 Å². The molecular weight excluding hydrogens is 238 g/mol. The second-order valence-electron chi connectivity index (χ2n) is 4.31. The third-order valence-corrected chi connectivity index (χ3v) is 2.57. The molecule has 0 aliphatic rings. The van der Waals surface area contributed by atoms with Crippen LogP contribution in [0.2, 0.25) is 0 Å². The highest BCUT2D eigenvalue weighted by atomic mass is 15.4. The molecule has 2 N–H and O–H groups in total. The maximum absolute atomic E-state index is 4.28. The molecule has 0 aliphatic carbocycles. The number of hydrogen-bond acceptors (Lipinski definition) is 5. The van der Waals surface area contributed by atoms with E-state index in [-0.39, 0.29) is 0 Å². The number of nitrogens with zero attached hydrogens (tertiary/aromatic N) is 3. The predicted molar refractivity (Wildman–Crippen MR) is 76.2 cm³/mol. The summed E-state index contributed by atoms with van der Waals surface area (Å²) in [6.45, 7) is 5.89. The molecule has 0 saturated carbocycles. The van der Waals surface area contributed by atoms with Gasteiger partial charge in [-0.3, -0.25) is 10.4 Å². The first kappa shape index (κ1) is 13.0. The van der Waals surface area contributed by atoms with Crippen molar-refractivity contribution in [1.29, 1.82) is 0 Å². The molecule has 0 atom stereocenters. The molecule has 2 aromatic heterocycles. The highest BCUT2D eigenvalue weighted by molar-refractivity contribution is 5.62. The molecule has 2 rings (SSSR count). The molecule has 2 aromatic rings. The largest absolute Gasteiger partial charge is 0.305 e. The number of allylic oxidation sites excluding steroid dienone is 1. The Kier molecular flexibility index (Phi) is 4.07. The van der Waals surface area contributed by atoms with Gasteiger partial charge in [0.05, 0.1) is 0 Å². The van der Waals surface area contributed by atoms with Crippen molar-refractivity contribution in [3.8, 4) is 0 Å². The Morgan fingerprint density at radius 1 is 1.21 bits per heavy atom. The maximum atomic E-state index is 4.28. The number of hydrazine groups is 1. The van der Waals surface area contributed by atoms with E-state index in [2.05, 4.69) is 25.8 Å². The van der Waals surface area contributed by atoms with Crippen LogP contribution < -0.4 is 10.9 Å². The van der Waals surface area contributed by atoms with E-state index in [1.54, 1.807) is 6.20 Å². The third-order valence-electron chi connectivity index (χ3n) is 2.57. The highest BCUT2D eigenvalue weighted by Gasteiger charge is 1.98. The van der Waals surface area contributed by atoms with Gasteiger partial charge in [0.1, 0.15) is 0 Å². The van der Waals surface area contributed by atoms with E-state index in [1.165, 1.54) is 0 Å². The molecule has 0 aliphatic heterocycles. The van der Waals surface area contributed by atoms with Gasteiger partial charge in [-0.05, 0) is 44.0 Å². The van der Waals surface area contributed by atoms with E-state index in [0.29, 0.717) is 5.95 Å². The number of rotatable bonds is 4. The summed E-state index contributed by atoms with van der Waals surface area (Å²) in [5.41, 5.74) is 9.96. The van der Waals surface area contributed by atoms with Crippen molar-refractivity contribution < 1.29 is 0 Å². The van der Waals surface area contributed by atoms with Crippen molar-refractivity contribution in [2.24, 2.45) is 0 Å². The standard InChI is InChI=1S/C14H17N5/c1-10(13-5-4-6-15-9-13)8-16-19-14-17-11(2)7-12(3)18-14/h4-9,16H,1-3H3,(H,17,18,19). The van der Waals surface area contributed by atoms with Crippen LogP contribution in [0.3, 0.4) is 0 Å². The number of aryl methyl sites for hydroxylation is 2. The first-order chi connectivity index (χ1) is 9.15. The minimum absolute atomic E-state index is 0.563. The minimum atomic E-state index is 0.563. The van der Waals surface area contributed by atoms with Crippen molar-refractivity contribution in [3.05, 3.63) is 53.7 Å². The summed E-state index contributed by atoms with van der Waals surface area (Å²) < 4.78 is 0. The second kappa shape index (κ2) is 5.95. The van der Waals surface area contributed by atoms with E-state index in [1.807, 2.05) is 51.4 Å². The van der Waals surface area contributed by atoms with Gasteiger partial charge in [-0.15, -0.1) is 0 Å². The molecule has 0 amide bonds. The summed E-state index contributed by atoms with van der Waals surface area (Å²) in [6.07, 6.45) is 5.44.